The highest BCUT2D eigenvalue weighted by atomic mass is 32.1. The summed E-state index contributed by atoms with van der Waals surface area (Å²) in [4.78, 5) is 22.7. The summed E-state index contributed by atoms with van der Waals surface area (Å²) in [5.74, 6) is 1.68. The van der Waals surface area contributed by atoms with E-state index in [1.807, 2.05) is 54.3 Å². The van der Waals surface area contributed by atoms with Gasteiger partial charge in [0, 0.05) is 43.5 Å². The SMILES string of the molecule is COc1cccc(-c2nc(C)c(C(=O)N3CCN(c4cccc(OC)c4)CC3)s2)c1. The molecule has 1 amide bonds. The molecule has 1 aromatic heterocycles. The fourth-order valence-electron chi connectivity index (χ4n) is 3.59. The van der Waals surface area contributed by atoms with Crippen molar-refractivity contribution >= 4 is 22.9 Å². The minimum absolute atomic E-state index is 0.0597. The summed E-state index contributed by atoms with van der Waals surface area (Å²) in [6.45, 7) is 4.85. The Kier molecular flexibility index (Phi) is 5.90. The predicted molar refractivity (Wildman–Crippen MR) is 120 cm³/mol. The van der Waals surface area contributed by atoms with E-state index in [0.29, 0.717) is 18.0 Å². The van der Waals surface area contributed by atoms with Gasteiger partial charge in [0.2, 0.25) is 0 Å². The van der Waals surface area contributed by atoms with Crippen LogP contribution >= 0.6 is 11.3 Å². The van der Waals surface area contributed by atoms with Crippen molar-refractivity contribution in [3.63, 3.8) is 0 Å². The Morgan fingerprint density at radius 1 is 0.967 bits per heavy atom. The largest absolute Gasteiger partial charge is 0.497 e. The zero-order valence-electron chi connectivity index (χ0n) is 17.4. The standard InChI is InChI=1S/C23H25N3O3S/c1-16-21(30-22(24-16)17-6-4-8-19(14-17)28-2)23(27)26-12-10-25(11-13-26)18-7-5-9-20(15-18)29-3/h4-9,14-15H,10-13H2,1-3H3. The topological polar surface area (TPSA) is 54.9 Å². The van der Waals surface area contributed by atoms with E-state index in [9.17, 15) is 4.79 Å². The number of piperazine rings is 1. The number of ether oxygens (including phenoxy) is 2. The Labute approximate surface area is 180 Å². The van der Waals surface area contributed by atoms with Crippen molar-refractivity contribution in [1.29, 1.82) is 0 Å². The lowest BCUT2D eigenvalue weighted by atomic mass is 10.2. The van der Waals surface area contributed by atoms with E-state index in [1.165, 1.54) is 11.3 Å². The average molecular weight is 424 g/mol. The summed E-state index contributed by atoms with van der Waals surface area (Å²) in [6, 6.07) is 15.8. The smallest absolute Gasteiger partial charge is 0.265 e. The minimum atomic E-state index is 0.0597. The van der Waals surface area contributed by atoms with E-state index in [2.05, 4.69) is 16.0 Å². The van der Waals surface area contributed by atoms with Gasteiger partial charge in [-0.3, -0.25) is 4.79 Å². The van der Waals surface area contributed by atoms with Gasteiger partial charge in [0.05, 0.1) is 19.9 Å². The van der Waals surface area contributed by atoms with Gasteiger partial charge in [-0.1, -0.05) is 18.2 Å². The number of anilines is 1. The van der Waals surface area contributed by atoms with Crippen LogP contribution in [0.25, 0.3) is 10.6 Å². The summed E-state index contributed by atoms with van der Waals surface area (Å²) in [6.07, 6.45) is 0. The first-order valence-corrected chi connectivity index (χ1v) is 10.7. The van der Waals surface area contributed by atoms with E-state index in [0.717, 1.165) is 46.5 Å². The van der Waals surface area contributed by atoms with Crippen molar-refractivity contribution in [3.05, 3.63) is 59.1 Å². The second kappa shape index (κ2) is 8.75. The number of amides is 1. The summed E-state index contributed by atoms with van der Waals surface area (Å²) in [5, 5.41) is 0.838. The molecule has 0 radical (unpaired) electrons. The van der Waals surface area contributed by atoms with Gasteiger partial charge >= 0.3 is 0 Å². The molecule has 2 aromatic carbocycles. The molecule has 3 aromatic rings. The molecule has 0 bridgehead atoms. The fraction of sp³-hybridized carbons (Fsp3) is 0.304. The molecule has 1 fully saturated rings. The van der Waals surface area contributed by atoms with E-state index < -0.39 is 0 Å². The molecule has 0 spiro atoms. The third kappa shape index (κ3) is 4.11. The normalized spacial score (nSPS) is 14.0. The molecule has 1 aliphatic rings. The molecule has 2 heterocycles. The van der Waals surface area contributed by atoms with Crippen LogP contribution in [0.5, 0.6) is 11.5 Å². The number of rotatable bonds is 5. The monoisotopic (exact) mass is 423 g/mol. The van der Waals surface area contributed by atoms with Crippen molar-refractivity contribution in [3.8, 4) is 22.1 Å². The van der Waals surface area contributed by atoms with Crippen molar-refractivity contribution in [2.75, 3.05) is 45.3 Å². The van der Waals surface area contributed by atoms with Crippen LogP contribution in [0.1, 0.15) is 15.4 Å². The lowest BCUT2D eigenvalue weighted by molar-refractivity contribution is 0.0750. The van der Waals surface area contributed by atoms with Gasteiger partial charge in [0.15, 0.2) is 0 Å². The van der Waals surface area contributed by atoms with Gasteiger partial charge in [-0.15, -0.1) is 11.3 Å². The van der Waals surface area contributed by atoms with E-state index in [-0.39, 0.29) is 5.91 Å². The number of methoxy groups -OCH3 is 2. The van der Waals surface area contributed by atoms with Crippen LogP contribution in [0.15, 0.2) is 48.5 Å². The molecule has 30 heavy (non-hydrogen) atoms. The van der Waals surface area contributed by atoms with Crippen molar-refractivity contribution in [2.45, 2.75) is 6.92 Å². The fourth-order valence-corrected chi connectivity index (χ4v) is 4.62. The quantitative estimate of drug-likeness (QED) is 0.619. The lowest BCUT2D eigenvalue weighted by Crippen LogP contribution is -2.48. The number of hydrogen-bond donors (Lipinski definition) is 0. The first-order valence-electron chi connectivity index (χ1n) is 9.89. The lowest BCUT2D eigenvalue weighted by Gasteiger charge is -2.36. The van der Waals surface area contributed by atoms with Gasteiger partial charge < -0.3 is 19.3 Å². The van der Waals surface area contributed by atoms with Crippen LogP contribution in [0.3, 0.4) is 0 Å². The highest BCUT2D eigenvalue weighted by Gasteiger charge is 2.26. The number of hydrogen-bond acceptors (Lipinski definition) is 6. The Balaban J connectivity index is 1.46. The van der Waals surface area contributed by atoms with Crippen molar-refractivity contribution in [1.82, 2.24) is 9.88 Å². The zero-order chi connectivity index (χ0) is 21.1. The summed E-state index contributed by atoms with van der Waals surface area (Å²) >= 11 is 1.45. The molecule has 0 aliphatic carbocycles. The Bertz CT molecular complexity index is 1040. The third-order valence-corrected chi connectivity index (χ3v) is 6.49. The first-order chi connectivity index (χ1) is 14.6. The molecule has 0 saturated carbocycles. The van der Waals surface area contributed by atoms with Crippen molar-refractivity contribution in [2.24, 2.45) is 0 Å². The molecular weight excluding hydrogens is 398 g/mol. The summed E-state index contributed by atoms with van der Waals surface area (Å²) in [5.41, 5.74) is 2.86. The summed E-state index contributed by atoms with van der Waals surface area (Å²) < 4.78 is 10.6. The molecule has 0 N–H and O–H groups in total. The molecule has 1 saturated heterocycles. The molecule has 7 heteroatoms. The zero-order valence-corrected chi connectivity index (χ0v) is 18.2. The number of aryl methyl sites for hydroxylation is 1. The third-order valence-electron chi connectivity index (χ3n) is 5.29. The van der Waals surface area contributed by atoms with Gasteiger partial charge in [-0.2, -0.15) is 0 Å². The maximum atomic E-state index is 13.2. The number of thiazole rings is 1. The number of carbonyl (C=O) groups is 1. The van der Waals surface area contributed by atoms with E-state index in [4.69, 9.17) is 9.47 Å². The molecule has 6 nitrogen and oxygen atoms in total. The van der Waals surface area contributed by atoms with Crippen molar-refractivity contribution < 1.29 is 14.3 Å². The van der Waals surface area contributed by atoms with Crippen LogP contribution in [-0.4, -0.2) is 56.2 Å². The predicted octanol–water partition coefficient (Wildman–Crippen LogP) is 4.10. The van der Waals surface area contributed by atoms with Crippen LogP contribution in [0, 0.1) is 6.92 Å². The van der Waals surface area contributed by atoms with E-state index >= 15 is 0 Å². The molecular formula is C23H25N3O3S. The number of carbonyl (C=O) groups excluding carboxylic acids is 1. The van der Waals surface area contributed by atoms with Crippen LogP contribution in [-0.2, 0) is 0 Å². The molecule has 0 unspecified atom stereocenters. The second-order valence-electron chi connectivity index (χ2n) is 7.15. The Hall–Kier alpha value is -3.06. The van der Waals surface area contributed by atoms with Gasteiger partial charge in [-0.25, -0.2) is 4.98 Å². The van der Waals surface area contributed by atoms with Gasteiger partial charge in [0.1, 0.15) is 21.4 Å². The summed E-state index contributed by atoms with van der Waals surface area (Å²) in [7, 11) is 3.32. The maximum Gasteiger partial charge on any atom is 0.265 e. The van der Waals surface area contributed by atoms with E-state index in [1.54, 1.807) is 14.2 Å². The molecule has 0 atom stereocenters. The van der Waals surface area contributed by atoms with Crippen LogP contribution < -0.4 is 14.4 Å². The Morgan fingerprint density at radius 2 is 1.63 bits per heavy atom. The number of benzene rings is 2. The molecule has 156 valence electrons. The number of aromatic nitrogens is 1. The number of nitrogens with zero attached hydrogens (tertiary/aromatic N) is 3. The van der Waals surface area contributed by atoms with Crippen LogP contribution in [0.2, 0.25) is 0 Å². The van der Waals surface area contributed by atoms with Gasteiger partial charge in [0.25, 0.3) is 5.91 Å². The highest BCUT2D eigenvalue weighted by Crippen LogP contribution is 2.31. The maximum absolute atomic E-state index is 13.2. The molecule has 1 aliphatic heterocycles. The minimum Gasteiger partial charge on any atom is -0.497 e. The van der Waals surface area contributed by atoms with Crippen LogP contribution in [0.4, 0.5) is 5.69 Å². The highest BCUT2D eigenvalue weighted by molar-refractivity contribution is 7.17. The average Bonchev–Trinajstić information content (AvgIpc) is 3.20. The Morgan fingerprint density at radius 3 is 2.33 bits per heavy atom. The second-order valence-corrected chi connectivity index (χ2v) is 8.15. The molecule has 4 rings (SSSR count). The van der Waals surface area contributed by atoms with Gasteiger partial charge in [-0.05, 0) is 31.2 Å². The first kappa shape index (κ1) is 20.2.